The molecule has 0 aromatic carbocycles. The van der Waals surface area contributed by atoms with Gasteiger partial charge in [-0.1, -0.05) is 13.8 Å². The molecule has 0 radical (unpaired) electrons. The number of carbonyl (C=O) groups excluding carboxylic acids is 1. The van der Waals surface area contributed by atoms with Crippen molar-refractivity contribution in [2.24, 2.45) is 7.05 Å². The molecule has 7 nitrogen and oxygen atoms in total. The topological polar surface area (TPSA) is 81.1 Å². The van der Waals surface area contributed by atoms with Crippen molar-refractivity contribution in [1.82, 2.24) is 20.1 Å². The number of aromatic nitrogens is 3. The fourth-order valence-electron chi connectivity index (χ4n) is 2.93. The Kier molecular flexibility index (Phi) is 5.03. The number of ether oxygens (including phenoxy) is 1. The lowest BCUT2D eigenvalue weighted by Crippen LogP contribution is -2.44. The fraction of sp³-hybridized carbons (Fsp3) is 0.562. The number of amides is 2. The summed E-state index contributed by atoms with van der Waals surface area (Å²) in [5.74, 6) is 1.01. The molecule has 1 aliphatic carbocycles. The lowest BCUT2D eigenvalue weighted by atomic mass is 10.1. The number of aryl methyl sites for hydroxylation is 1. The van der Waals surface area contributed by atoms with Crippen molar-refractivity contribution in [2.45, 2.75) is 51.2 Å². The first-order valence-electron chi connectivity index (χ1n) is 8.19. The van der Waals surface area contributed by atoms with E-state index < -0.39 is 0 Å². The van der Waals surface area contributed by atoms with Crippen molar-refractivity contribution in [3.63, 3.8) is 0 Å². The third-order valence-electron chi connectivity index (χ3n) is 4.11. The minimum Gasteiger partial charge on any atom is -0.485 e. The van der Waals surface area contributed by atoms with E-state index in [1.807, 2.05) is 13.2 Å². The van der Waals surface area contributed by atoms with Crippen molar-refractivity contribution in [3.05, 3.63) is 23.6 Å². The maximum atomic E-state index is 12.3. The van der Waals surface area contributed by atoms with Crippen LogP contribution >= 0.6 is 11.3 Å². The van der Waals surface area contributed by atoms with Gasteiger partial charge in [0.25, 0.3) is 0 Å². The maximum Gasteiger partial charge on any atom is 0.320 e. The smallest absolute Gasteiger partial charge is 0.320 e. The van der Waals surface area contributed by atoms with Gasteiger partial charge in [0, 0.05) is 7.05 Å². The first-order chi connectivity index (χ1) is 11.5. The zero-order chi connectivity index (χ0) is 17.1. The van der Waals surface area contributed by atoms with E-state index in [0.717, 1.165) is 35.7 Å². The number of nitrogens with zero attached hydrogens (tertiary/aromatic N) is 3. The largest absolute Gasteiger partial charge is 0.485 e. The summed E-state index contributed by atoms with van der Waals surface area (Å²) in [5.41, 5.74) is 2.68. The summed E-state index contributed by atoms with van der Waals surface area (Å²) in [5, 5.41) is 10.9. The number of carbonyl (C=O) groups is 1. The summed E-state index contributed by atoms with van der Waals surface area (Å²) in [6, 6.07) is -0.200. The molecule has 1 fully saturated rings. The van der Waals surface area contributed by atoms with Crippen LogP contribution in [0.25, 0.3) is 0 Å². The molecular formula is C16H23N5O2S. The number of nitrogens with one attached hydrogen (secondary N) is 2. The van der Waals surface area contributed by atoms with Gasteiger partial charge < -0.3 is 10.1 Å². The van der Waals surface area contributed by atoms with E-state index >= 15 is 0 Å². The molecule has 8 heteroatoms. The predicted octanol–water partition coefficient (Wildman–Crippen LogP) is 3.12. The van der Waals surface area contributed by atoms with Gasteiger partial charge in [-0.2, -0.15) is 5.10 Å². The number of hydrogen-bond donors (Lipinski definition) is 2. The van der Waals surface area contributed by atoms with Gasteiger partial charge in [0.05, 0.1) is 29.6 Å². The Morgan fingerprint density at radius 3 is 3.00 bits per heavy atom. The Hall–Kier alpha value is -2.09. The van der Waals surface area contributed by atoms with E-state index in [9.17, 15) is 4.79 Å². The molecule has 0 aliphatic heterocycles. The molecule has 2 atom stereocenters. The number of hydrogen-bond acceptors (Lipinski definition) is 5. The van der Waals surface area contributed by atoms with Gasteiger partial charge in [0.15, 0.2) is 5.75 Å². The Balaban J connectivity index is 1.57. The van der Waals surface area contributed by atoms with Crippen molar-refractivity contribution in [2.75, 3.05) is 5.32 Å². The number of urea groups is 1. The van der Waals surface area contributed by atoms with E-state index in [2.05, 4.69) is 34.6 Å². The lowest BCUT2D eigenvalue weighted by molar-refractivity contribution is 0.175. The number of thiazole rings is 1. The average Bonchev–Trinajstić information content (AvgIpc) is 3.23. The highest BCUT2D eigenvalue weighted by Gasteiger charge is 2.31. The van der Waals surface area contributed by atoms with Crippen LogP contribution < -0.4 is 15.4 Å². The average molecular weight is 349 g/mol. The van der Waals surface area contributed by atoms with Gasteiger partial charge in [-0.05, 0) is 25.2 Å². The highest BCUT2D eigenvalue weighted by molar-refractivity contribution is 7.14. The van der Waals surface area contributed by atoms with Gasteiger partial charge in [-0.25, -0.2) is 9.78 Å². The molecule has 2 amide bonds. The van der Waals surface area contributed by atoms with Crippen LogP contribution in [0.1, 0.15) is 44.7 Å². The second-order valence-electron chi connectivity index (χ2n) is 6.36. The molecule has 0 unspecified atom stereocenters. The molecule has 3 rings (SSSR count). The van der Waals surface area contributed by atoms with Crippen LogP contribution in [0.4, 0.5) is 9.80 Å². The predicted molar refractivity (Wildman–Crippen MR) is 93.6 cm³/mol. The van der Waals surface area contributed by atoms with E-state index in [4.69, 9.17) is 4.74 Å². The third-order valence-corrected chi connectivity index (χ3v) is 4.86. The molecule has 2 heterocycles. The van der Waals surface area contributed by atoms with Gasteiger partial charge in [0.1, 0.15) is 11.1 Å². The second-order valence-corrected chi connectivity index (χ2v) is 7.22. The molecular weight excluding hydrogens is 326 g/mol. The molecule has 2 aromatic heterocycles. The van der Waals surface area contributed by atoms with Gasteiger partial charge in [0.2, 0.25) is 0 Å². The van der Waals surface area contributed by atoms with Crippen molar-refractivity contribution < 1.29 is 9.53 Å². The molecule has 0 saturated heterocycles. The Bertz CT molecular complexity index is 696. The van der Waals surface area contributed by atoms with Gasteiger partial charge in [-0.15, -0.1) is 11.3 Å². The molecule has 0 spiro atoms. The SMILES string of the molecule is CC(C)c1ncsc1NC(=O)N[C@@H]1CCC[C@@H]1Oc1cnn(C)c1. The highest BCUT2D eigenvalue weighted by atomic mass is 32.1. The van der Waals surface area contributed by atoms with Crippen molar-refractivity contribution in [3.8, 4) is 5.75 Å². The van der Waals surface area contributed by atoms with Crippen LogP contribution in [0.2, 0.25) is 0 Å². The summed E-state index contributed by atoms with van der Waals surface area (Å²) in [7, 11) is 1.85. The summed E-state index contributed by atoms with van der Waals surface area (Å²) >= 11 is 1.44. The quantitative estimate of drug-likeness (QED) is 0.869. The van der Waals surface area contributed by atoms with E-state index in [1.165, 1.54) is 11.3 Å². The Morgan fingerprint density at radius 2 is 2.29 bits per heavy atom. The highest BCUT2D eigenvalue weighted by Crippen LogP contribution is 2.28. The van der Waals surface area contributed by atoms with Crippen molar-refractivity contribution >= 4 is 22.4 Å². The molecule has 0 bridgehead atoms. The van der Waals surface area contributed by atoms with Gasteiger partial charge in [-0.3, -0.25) is 10.00 Å². The van der Waals surface area contributed by atoms with E-state index in [1.54, 1.807) is 16.4 Å². The summed E-state index contributed by atoms with van der Waals surface area (Å²) < 4.78 is 7.68. The van der Waals surface area contributed by atoms with E-state index in [-0.39, 0.29) is 24.1 Å². The fourth-order valence-corrected chi connectivity index (χ4v) is 3.77. The minimum atomic E-state index is -0.201. The Labute approximate surface area is 145 Å². The summed E-state index contributed by atoms with van der Waals surface area (Å²) in [6.45, 7) is 4.12. The standard InChI is InChI=1S/C16H23N5O2S/c1-10(2)14-15(24-9-17-14)20-16(22)19-12-5-4-6-13(12)23-11-7-18-21(3)8-11/h7-10,12-13H,4-6H2,1-3H3,(H2,19,20,22)/t12-,13+/m1/s1. The number of rotatable bonds is 5. The summed E-state index contributed by atoms with van der Waals surface area (Å²) in [4.78, 5) is 16.6. The maximum absolute atomic E-state index is 12.3. The van der Waals surface area contributed by atoms with Crippen LogP contribution in [-0.4, -0.2) is 32.9 Å². The van der Waals surface area contributed by atoms with Crippen LogP contribution in [0.3, 0.4) is 0 Å². The van der Waals surface area contributed by atoms with Crippen LogP contribution in [0.15, 0.2) is 17.9 Å². The zero-order valence-electron chi connectivity index (χ0n) is 14.2. The molecule has 130 valence electrons. The molecule has 1 aliphatic rings. The van der Waals surface area contributed by atoms with Crippen LogP contribution in [-0.2, 0) is 7.05 Å². The first kappa shape index (κ1) is 16.8. The minimum absolute atomic E-state index is 0.000581. The zero-order valence-corrected chi connectivity index (χ0v) is 15.0. The summed E-state index contributed by atoms with van der Waals surface area (Å²) in [6.07, 6.45) is 6.39. The molecule has 24 heavy (non-hydrogen) atoms. The third kappa shape index (κ3) is 3.87. The second kappa shape index (κ2) is 7.21. The normalized spacial score (nSPS) is 20.3. The molecule has 1 saturated carbocycles. The van der Waals surface area contributed by atoms with Gasteiger partial charge >= 0.3 is 6.03 Å². The Morgan fingerprint density at radius 1 is 1.46 bits per heavy atom. The lowest BCUT2D eigenvalue weighted by Gasteiger charge is -2.21. The number of anilines is 1. The molecule has 2 aromatic rings. The molecule has 2 N–H and O–H groups in total. The van der Waals surface area contributed by atoms with E-state index in [0.29, 0.717) is 0 Å². The monoisotopic (exact) mass is 349 g/mol. The van der Waals surface area contributed by atoms with Crippen molar-refractivity contribution in [1.29, 1.82) is 0 Å². The van der Waals surface area contributed by atoms with Crippen LogP contribution in [0.5, 0.6) is 5.75 Å². The first-order valence-corrected chi connectivity index (χ1v) is 9.07. The van der Waals surface area contributed by atoms with Crippen LogP contribution in [0, 0.1) is 0 Å².